The smallest absolute Gasteiger partial charge is 0.307 e. The van der Waals surface area contributed by atoms with E-state index in [1.807, 2.05) is 19.1 Å². The molecule has 3 aromatic rings. The Kier molecular flexibility index (Phi) is 6.24. The molecule has 10 nitrogen and oxygen atoms in total. The van der Waals surface area contributed by atoms with Gasteiger partial charge in [0.15, 0.2) is 0 Å². The summed E-state index contributed by atoms with van der Waals surface area (Å²) in [6.45, 7) is 1.93. The molecule has 0 radical (unpaired) electrons. The van der Waals surface area contributed by atoms with Crippen molar-refractivity contribution in [1.82, 2.24) is 9.97 Å². The largest absolute Gasteiger partial charge is 0.494 e. The molecule has 1 amide bonds. The van der Waals surface area contributed by atoms with Gasteiger partial charge >= 0.3 is 5.69 Å². The average Bonchev–Trinajstić information content (AvgIpc) is 2.76. The third-order valence-electron chi connectivity index (χ3n) is 4.39. The van der Waals surface area contributed by atoms with Crippen LogP contribution in [0.3, 0.4) is 0 Å². The maximum atomic E-state index is 13.9. The number of carbonyl (C=O) groups excluding carboxylic acids is 1. The van der Waals surface area contributed by atoms with Crippen LogP contribution in [-0.2, 0) is 4.79 Å². The maximum Gasteiger partial charge on any atom is 0.307 e. The van der Waals surface area contributed by atoms with Crippen molar-refractivity contribution in [3.8, 4) is 5.75 Å². The zero-order valence-electron chi connectivity index (χ0n) is 16.9. The number of hydrogen-bond acceptors (Lipinski definition) is 8. The second-order valence-corrected chi connectivity index (χ2v) is 6.37. The fraction of sp³-hybridized carbons (Fsp3) is 0.150. The first-order valence-corrected chi connectivity index (χ1v) is 9.02. The van der Waals surface area contributed by atoms with Gasteiger partial charge in [0.1, 0.15) is 11.6 Å². The molecule has 160 valence electrons. The van der Waals surface area contributed by atoms with E-state index < -0.39 is 16.4 Å². The summed E-state index contributed by atoms with van der Waals surface area (Å²) in [5.74, 6) is -0.723. The topological polar surface area (TPSA) is 123 Å². The monoisotopic (exact) mass is 426 g/mol. The molecule has 1 aromatic heterocycles. The first-order chi connectivity index (χ1) is 14.9. The molecule has 0 bridgehead atoms. The van der Waals surface area contributed by atoms with Crippen LogP contribution < -0.4 is 20.3 Å². The predicted octanol–water partition coefficient (Wildman–Crippen LogP) is 3.92. The van der Waals surface area contributed by atoms with Gasteiger partial charge in [-0.05, 0) is 30.7 Å². The molecular formula is C20H19FN6O4. The van der Waals surface area contributed by atoms with Crippen LogP contribution in [0.2, 0.25) is 0 Å². The van der Waals surface area contributed by atoms with Crippen molar-refractivity contribution in [2.45, 2.75) is 6.92 Å². The number of hydrogen-bond donors (Lipinski definition) is 2. The quantitative estimate of drug-likeness (QED) is 0.316. The number of methoxy groups -OCH3 is 1. The molecule has 2 aromatic carbocycles. The summed E-state index contributed by atoms with van der Waals surface area (Å²) >= 11 is 0. The van der Waals surface area contributed by atoms with E-state index in [1.54, 1.807) is 13.1 Å². The standard InChI is InChI=1S/C20H19FN6O4/c1-12-4-5-16(14(8-12)22-2)26(11-28)19-6-7-23-20(25-19)24-15-10-17(27(29)30)13(21)9-18(15)31-3/h4-11,22H,1-3H3,(H,23,24,25). The van der Waals surface area contributed by atoms with Crippen molar-refractivity contribution in [2.75, 3.05) is 29.7 Å². The van der Waals surface area contributed by atoms with Crippen molar-refractivity contribution < 1.29 is 18.8 Å². The Labute approximate surface area is 176 Å². The lowest BCUT2D eigenvalue weighted by molar-refractivity contribution is -0.387. The van der Waals surface area contributed by atoms with E-state index in [0.29, 0.717) is 12.1 Å². The van der Waals surface area contributed by atoms with E-state index in [1.165, 1.54) is 24.3 Å². The van der Waals surface area contributed by atoms with E-state index in [2.05, 4.69) is 20.6 Å². The summed E-state index contributed by atoms with van der Waals surface area (Å²) in [5.41, 5.74) is 1.66. The lowest BCUT2D eigenvalue weighted by Gasteiger charge is -2.20. The second kappa shape index (κ2) is 9.03. The number of ether oxygens (including phenoxy) is 1. The maximum absolute atomic E-state index is 13.9. The van der Waals surface area contributed by atoms with Gasteiger partial charge in [-0.3, -0.25) is 19.8 Å². The fourth-order valence-electron chi connectivity index (χ4n) is 2.91. The lowest BCUT2D eigenvalue weighted by Crippen LogP contribution is -2.17. The minimum absolute atomic E-state index is 0.0281. The first-order valence-electron chi connectivity index (χ1n) is 9.02. The minimum Gasteiger partial charge on any atom is -0.494 e. The summed E-state index contributed by atoms with van der Waals surface area (Å²) in [4.78, 5) is 31.8. The van der Waals surface area contributed by atoms with Gasteiger partial charge in [-0.1, -0.05) is 6.07 Å². The van der Waals surface area contributed by atoms with Gasteiger partial charge in [0.2, 0.25) is 18.2 Å². The average molecular weight is 426 g/mol. The second-order valence-electron chi connectivity index (χ2n) is 6.37. The van der Waals surface area contributed by atoms with Gasteiger partial charge in [0, 0.05) is 25.4 Å². The summed E-state index contributed by atoms with van der Waals surface area (Å²) < 4.78 is 19.0. The van der Waals surface area contributed by atoms with E-state index >= 15 is 0 Å². The van der Waals surface area contributed by atoms with E-state index in [0.717, 1.165) is 23.4 Å². The third-order valence-corrected chi connectivity index (χ3v) is 4.39. The summed E-state index contributed by atoms with van der Waals surface area (Å²) in [7, 11) is 3.04. The van der Waals surface area contributed by atoms with E-state index in [4.69, 9.17) is 4.74 Å². The van der Waals surface area contributed by atoms with Crippen molar-refractivity contribution in [1.29, 1.82) is 0 Å². The van der Waals surface area contributed by atoms with Crippen LogP contribution in [0, 0.1) is 22.9 Å². The molecule has 2 N–H and O–H groups in total. The molecule has 0 aliphatic rings. The molecular weight excluding hydrogens is 407 g/mol. The molecule has 1 heterocycles. The van der Waals surface area contributed by atoms with Gasteiger partial charge in [-0.2, -0.15) is 9.37 Å². The number of halogens is 1. The molecule has 0 aliphatic heterocycles. The number of nitrogens with zero attached hydrogens (tertiary/aromatic N) is 4. The normalized spacial score (nSPS) is 10.3. The zero-order chi connectivity index (χ0) is 22.5. The Morgan fingerprint density at radius 1 is 1.23 bits per heavy atom. The highest BCUT2D eigenvalue weighted by Gasteiger charge is 2.20. The highest BCUT2D eigenvalue weighted by Crippen LogP contribution is 2.34. The first kappa shape index (κ1) is 21.4. The summed E-state index contributed by atoms with van der Waals surface area (Å²) in [6, 6.07) is 8.93. The number of rotatable bonds is 8. The molecule has 0 unspecified atom stereocenters. The number of nitrogens with one attached hydrogen (secondary N) is 2. The van der Waals surface area contributed by atoms with Crippen LogP contribution in [-0.4, -0.2) is 35.5 Å². The Bertz CT molecular complexity index is 1140. The number of nitro groups is 1. The molecule has 0 saturated carbocycles. The zero-order valence-corrected chi connectivity index (χ0v) is 16.9. The molecule has 0 fully saturated rings. The number of carbonyl (C=O) groups is 1. The highest BCUT2D eigenvalue weighted by molar-refractivity contribution is 5.91. The van der Waals surface area contributed by atoms with Crippen LogP contribution in [0.15, 0.2) is 42.6 Å². The van der Waals surface area contributed by atoms with E-state index in [9.17, 15) is 19.3 Å². The van der Waals surface area contributed by atoms with Gasteiger partial charge in [-0.25, -0.2) is 4.98 Å². The third kappa shape index (κ3) is 4.50. The summed E-state index contributed by atoms with van der Waals surface area (Å²) in [5, 5.41) is 16.9. The molecule has 0 saturated heterocycles. The number of benzene rings is 2. The van der Waals surface area contributed by atoms with Crippen molar-refractivity contribution in [3.05, 3.63) is 64.1 Å². The number of amides is 1. The molecule has 11 heteroatoms. The number of aromatic nitrogens is 2. The Hall–Kier alpha value is -4.28. The Balaban J connectivity index is 2.00. The number of nitro benzene ring substituents is 1. The predicted molar refractivity (Wildman–Crippen MR) is 114 cm³/mol. The SMILES string of the molecule is CNc1cc(C)ccc1N(C=O)c1ccnc(Nc2cc([N+](=O)[O-])c(F)cc2OC)n1. The fourth-order valence-corrected chi connectivity index (χ4v) is 2.91. The van der Waals surface area contributed by atoms with Crippen molar-refractivity contribution in [2.24, 2.45) is 0 Å². The highest BCUT2D eigenvalue weighted by atomic mass is 19.1. The molecule has 0 atom stereocenters. The summed E-state index contributed by atoms with van der Waals surface area (Å²) in [6.07, 6.45) is 2.03. The Morgan fingerprint density at radius 2 is 2.00 bits per heavy atom. The van der Waals surface area contributed by atoms with Crippen molar-refractivity contribution >= 4 is 40.9 Å². The minimum atomic E-state index is -1.03. The van der Waals surface area contributed by atoms with Gasteiger partial charge < -0.3 is 15.4 Å². The van der Waals surface area contributed by atoms with Gasteiger partial charge in [0.25, 0.3) is 0 Å². The molecule has 0 spiro atoms. The van der Waals surface area contributed by atoms with Crippen LogP contribution >= 0.6 is 0 Å². The van der Waals surface area contributed by atoms with Crippen LogP contribution in [0.1, 0.15) is 5.56 Å². The lowest BCUT2D eigenvalue weighted by atomic mass is 10.2. The van der Waals surface area contributed by atoms with Crippen molar-refractivity contribution in [3.63, 3.8) is 0 Å². The van der Waals surface area contributed by atoms with Gasteiger partial charge in [-0.15, -0.1) is 0 Å². The van der Waals surface area contributed by atoms with Gasteiger partial charge in [0.05, 0.1) is 29.1 Å². The van der Waals surface area contributed by atoms with E-state index in [-0.39, 0.29) is 23.2 Å². The number of aryl methyl sites for hydroxylation is 1. The van der Waals surface area contributed by atoms with Crippen LogP contribution in [0.5, 0.6) is 5.75 Å². The Morgan fingerprint density at radius 3 is 2.65 bits per heavy atom. The molecule has 31 heavy (non-hydrogen) atoms. The molecule has 0 aliphatic carbocycles. The van der Waals surface area contributed by atoms with Crippen LogP contribution in [0.4, 0.5) is 38.9 Å². The molecule has 3 rings (SSSR count). The van der Waals surface area contributed by atoms with Crippen LogP contribution in [0.25, 0.3) is 0 Å². The number of anilines is 5.